The second-order valence-corrected chi connectivity index (χ2v) is 5.26. The highest BCUT2D eigenvalue weighted by atomic mass is 19.1. The van der Waals surface area contributed by atoms with Crippen molar-refractivity contribution in [3.8, 4) is 0 Å². The smallest absolute Gasteiger partial charge is 0.238 e. The lowest BCUT2D eigenvalue weighted by Crippen LogP contribution is -2.40. The third-order valence-corrected chi connectivity index (χ3v) is 3.78. The number of hydrogen-bond donors (Lipinski definition) is 2. The van der Waals surface area contributed by atoms with Gasteiger partial charge in [0.05, 0.1) is 6.54 Å². The van der Waals surface area contributed by atoms with E-state index in [4.69, 9.17) is 4.74 Å². The molecule has 1 aliphatic rings. The molecular formula is C15H20F2N2O2. The van der Waals surface area contributed by atoms with E-state index in [2.05, 4.69) is 10.6 Å². The zero-order valence-corrected chi connectivity index (χ0v) is 12.0. The van der Waals surface area contributed by atoms with Crippen LogP contribution in [-0.2, 0) is 9.53 Å². The molecule has 0 bridgehead atoms. The zero-order chi connectivity index (χ0) is 15.2. The van der Waals surface area contributed by atoms with E-state index >= 15 is 0 Å². The Labute approximate surface area is 122 Å². The van der Waals surface area contributed by atoms with Gasteiger partial charge in [-0.05, 0) is 37.8 Å². The van der Waals surface area contributed by atoms with E-state index in [9.17, 15) is 13.6 Å². The molecule has 2 rings (SSSR count). The zero-order valence-electron chi connectivity index (χ0n) is 12.0. The molecule has 0 saturated carbocycles. The van der Waals surface area contributed by atoms with Crippen molar-refractivity contribution in [1.82, 2.24) is 5.32 Å². The summed E-state index contributed by atoms with van der Waals surface area (Å²) >= 11 is 0. The van der Waals surface area contributed by atoms with E-state index in [0.717, 1.165) is 38.2 Å². The average molecular weight is 298 g/mol. The third-order valence-electron chi connectivity index (χ3n) is 3.78. The maximum atomic E-state index is 13.4. The Hall–Kier alpha value is -1.53. The normalized spacial score (nSPS) is 17.5. The van der Waals surface area contributed by atoms with Crippen LogP contribution < -0.4 is 10.6 Å². The lowest BCUT2D eigenvalue weighted by Gasteiger charge is -2.28. The van der Waals surface area contributed by atoms with Gasteiger partial charge in [0.2, 0.25) is 5.91 Å². The van der Waals surface area contributed by atoms with E-state index in [0.29, 0.717) is 5.92 Å². The summed E-state index contributed by atoms with van der Waals surface area (Å²) in [7, 11) is 0. The van der Waals surface area contributed by atoms with Crippen LogP contribution in [0.25, 0.3) is 0 Å². The molecule has 0 aromatic heterocycles. The van der Waals surface area contributed by atoms with Crippen molar-refractivity contribution in [3.05, 3.63) is 29.8 Å². The van der Waals surface area contributed by atoms with Crippen molar-refractivity contribution in [3.63, 3.8) is 0 Å². The minimum absolute atomic E-state index is 0.0201. The maximum Gasteiger partial charge on any atom is 0.238 e. The van der Waals surface area contributed by atoms with Crippen molar-refractivity contribution < 1.29 is 18.3 Å². The van der Waals surface area contributed by atoms with Gasteiger partial charge >= 0.3 is 0 Å². The molecule has 0 radical (unpaired) electrons. The molecule has 4 nitrogen and oxygen atoms in total. The van der Waals surface area contributed by atoms with Gasteiger partial charge in [0, 0.05) is 19.3 Å². The summed E-state index contributed by atoms with van der Waals surface area (Å²) in [5.41, 5.74) is -0.400. The third kappa shape index (κ3) is 4.47. The fourth-order valence-corrected chi connectivity index (χ4v) is 2.44. The van der Waals surface area contributed by atoms with Crippen LogP contribution in [0.15, 0.2) is 18.2 Å². The Bertz CT molecular complexity index is 470. The van der Waals surface area contributed by atoms with Gasteiger partial charge in [-0.25, -0.2) is 8.78 Å². The van der Waals surface area contributed by atoms with Crippen LogP contribution in [0.3, 0.4) is 0 Å². The fraction of sp³-hybridized carbons (Fsp3) is 0.533. The first kappa shape index (κ1) is 15.9. The molecule has 2 N–H and O–H groups in total. The molecule has 1 aromatic carbocycles. The number of amides is 1. The topological polar surface area (TPSA) is 50.4 Å². The monoisotopic (exact) mass is 298 g/mol. The fourth-order valence-electron chi connectivity index (χ4n) is 2.44. The number of ether oxygens (including phenoxy) is 1. The molecular weight excluding hydrogens is 278 g/mol. The Morgan fingerprint density at radius 3 is 2.57 bits per heavy atom. The number of anilines is 1. The van der Waals surface area contributed by atoms with Gasteiger partial charge in [0.25, 0.3) is 0 Å². The number of carbonyl (C=O) groups excluding carboxylic acids is 1. The van der Waals surface area contributed by atoms with Crippen LogP contribution in [0.2, 0.25) is 0 Å². The number of benzene rings is 1. The number of halogens is 2. The summed E-state index contributed by atoms with van der Waals surface area (Å²) < 4.78 is 32.1. The molecule has 1 atom stereocenters. The van der Waals surface area contributed by atoms with Gasteiger partial charge in [-0.15, -0.1) is 0 Å². The van der Waals surface area contributed by atoms with Gasteiger partial charge in [0.15, 0.2) is 0 Å². The number of nitrogens with one attached hydrogen (secondary N) is 2. The molecule has 1 aromatic rings. The first-order valence-electron chi connectivity index (χ1n) is 7.13. The molecule has 1 aliphatic heterocycles. The minimum Gasteiger partial charge on any atom is -0.381 e. The van der Waals surface area contributed by atoms with Crippen molar-refractivity contribution in [1.29, 1.82) is 0 Å². The second kappa shape index (κ2) is 7.47. The number of hydrogen-bond acceptors (Lipinski definition) is 3. The predicted molar refractivity (Wildman–Crippen MR) is 76.0 cm³/mol. The lowest BCUT2D eigenvalue weighted by atomic mass is 9.93. The summed E-state index contributed by atoms with van der Waals surface area (Å²) in [4.78, 5) is 11.8. The highest BCUT2D eigenvalue weighted by Crippen LogP contribution is 2.19. The molecule has 6 heteroatoms. The highest BCUT2D eigenvalue weighted by Gasteiger charge is 2.21. The SMILES string of the molecule is CC(NCC(=O)Nc1c(F)cccc1F)C1CCOCC1. The Morgan fingerprint density at radius 1 is 1.33 bits per heavy atom. The van der Waals surface area contributed by atoms with Crippen LogP contribution >= 0.6 is 0 Å². The van der Waals surface area contributed by atoms with Crippen LogP contribution in [0.5, 0.6) is 0 Å². The molecule has 0 aliphatic carbocycles. The molecule has 0 spiro atoms. The van der Waals surface area contributed by atoms with Crippen molar-refractivity contribution in [2.24, 2.45) is 5.92 Å². The lowest BCUT2D eigenvalue weighted by molar-refractivity contribution is -0.115. The van der Waals surface area contributed by atoms with E-state index in [-0.39, 0.29) is 12.6 Å². The number of para-hydroxylation sites is 1. The van der Waals surface area contributed by atoms with Gasteiger partial charge in [-0.2, -0.15) is 0 Å². The van der Waals surface area contributed by atoms with Gasteiger partial charge in [0.1, 0.15) is 17.3 Å². The molecule has 1 unspecified atom stereocenters. The van der Waals surface area contributed by atoms with Crippen LogP contribution in [0, 0.1) is 17.6 Å². The Morgan fingerprint density at radius 2 is 1.95 bits per heavy atom. The van der Waals surface area contributed by atoms with E-state index in [1.54, 1.807) is 0 Å². The van der Waals surface area contributed by atoms with Crippen molar-refractivity contribution in [2.45, 2.75) is 25.8 Å². The molecule has 1 amide bonds. The summed E-state index contributed by atoms with van der Waals surface area (Å²) in [6, 6.07) is 3.63. The number of carbonyl (C=O) groups is 1. The van der Waals surface area contributed by atoms with Gasteiger partial charge in [-0.3, -0.25) is 4.79 Å². The molecule has 116 valence electrons. The average Bonchev–Trinajstić information content (AvgIpc) is 2.49. The largest absolute Gasteiger partial charge is 0.381 e. The number of rotatable bonds is 5. The van der Waals surface area contributed by atoms with Gasteiger partial charge in [-0.1, -0.05) is 6.07 Å². The summed E-state index contributed by atoms with van der Waals surface area (Å²) in [6.45, 7) is 3.51. The summed E-state index contributed by atoms with van der Waals surface area (Å²) in [5.74, 6) is -1.56. The quantitative estimate of drug-likeness (QED) is 0.877. The van der Waals surface area contributed by atoms with Crippen LogP contribution in [-0.4, -0.2) is 31.7 Å². The Balaban J connectivity index is 1.82. The molecule has 1 heterocycles. The molecule has 1 fully saturated rings. The van der Waals surface area contributed by atoms with Gasteiger partial charge < -0.3 is 15.4 Å². The van der Waals surface area contributed by atoms with Crippen molar-refractivity contribution in [2.75, 3.05) is 25.1 Å². The molecule has 1 saturated heterocycles. The Kier molecular flexibility index (Phi) is 5.64. The first-order valence-corrected chi connectivity index (χ1v) is 7.13. The van der Waals surface area contributed by atoms with Crippen LogP contribution in [0.1, 0.15) is 19.8 Å². The summed E-state index contributed by atoms with van der Waals surface area (Å²) in [5, 5.41) is 5.36. The van der Waals surface area contributed by atoms with Crippen molar-refractivity contribution >= 4 is 11.6 Å². The second-order valence-electron chi connectivity index (χ2n) is 5.26. The van der Waals surface area contributed by atoms with E-state index in [1.807, 2.05) is 6.92 Å². The molecule has 21 heavy (non-hydrogen) atoms. The first-order chi connectivity index (χ1) is 10.1. The summed E-state index contributed by atoms with van der Waals surface area (Å²) in [6.07, 6.45) is 1.91. The minimum atomic E-state index is -0.777. The highest BCUT2D eigenvalue weighted by molar-refractivity contribution is 5.92. The maximum absolute atomic E-state index is 13.4. The van der Waals surface area contributed by atoms with E-state index in [1.165, 1.54) is 6.07 Å². The predicted octanol–water partition coefficient (Wildman–Crippen LogP) is 2.31. The van der Waals surface area contributed by atoms with E-state index < -0.39 is 23.2 Å². The standard InChI is InChI=1S/C15H20F2N2O2/c1-10(11-5-7-21-8-6-11)18-9-14(20)19-15-12(16)3-2-4-13(15)17/h2-4,10-11,18H,5-9H2,1H3,(H,19,20). The van der Waals surface area contributed by atoms with Crippen LogP contribution in [0.4, 0.5) is 14.5 Å².